The summed E-state index contributed by atoms with van der Waals surface area (Å²) in [6.45, 7) is 0.132. The molecular weight excluding hydrogens is 212 g/mol. The van der Waals surface area contributed by atoms with Crippen molar-refractivity contribution in [2.75, 3.05) is 0 Å². The van der Waals surface area contributed by atoms with E-state index in [0.29, 0.717) is 0 Å². The van der Waals surface area contributed by atoms with Gasteiger partial charge < -0.3 is 5.11 Å². The van der Waals surface area contributed by atoms with Crippen LogP contribution in [0.25, 0.3) is 0 Å². The van der Waals surface area contributed by atoms with E-state index >= 15 is 0 Å². The molecule has 0 aliphatic carbocycles. The van der Waals surface area contributed by atoms with Gasteiger partial charge in [-0.2, -0.15) is 0 Å². The van der Waals surface area contributed by atoms with Crippen molar-refractivity contribution in [3.8, 4) is 0 Å². The summed E-state index contributed by atoms with van der Waals surface area (Å²) in [5.74, 6) is 0. The first-order valence-corrected chi connectivity index (χ1v) is 6.00. The van der Waals surface area contributed by atoms with Gasteiger partial charge in [-0.1, -0.05) is 30.0 Å². The average molecular weight is 222 g/mol. The first-order chi connectivity index (χ1) is 6.90. The van der Waals surface area contributed by atoms with Gasteiger partial charge in [0.15, 0.2) is 0 Å². The molecule has 0 atom stereocenters. The lowest BCUT2D eigenvalue weighted by atomic mass is 10.4. The molecule has 2 aromatic rings. The summed E-state index contributed by atoms with van der Waals surface area (Å²) in [4.78, 5) is 3.41. The average Bonchev–Trinajstić information content (AvgIpc) is 2.67. The molecule has 0 amide bonds. The zero-order valence-corrected chi connectivity index (χ0v) is 9.15. The van der Waals surface area contributed by atoms with Gasteiger partial charge in [-0.25, -0.2) is 0 Å². The van der Waals surface area contributed by atoms with Crippen molar-refractivity contribution in [3.05, 3.63) is 46.7 Å². The third kappa shape index (κ3) is 2.18. The molecule has 3 heteroatoms. The Morgan fingerprint density at radius 3 is 2.64 bits per heavy atom. The highest BCUT2D eigenvalue weighted by Crippen LogP contribution is 2.33. The highest BCUT2D eigenvalue weighted by molar-refractivity contribution is 7.99. The minimum Gasteiger partial charge on any atom is -0.391 e. The predicted molar refractivity (Wildman–Crippen MR) is 60.8 cm³/mol. The molecule has 0 spiro atoms. The Hall–Kier alpha value is -0.770. The summed E-state index contributed by atoms with van der Waals surface area (Å²) in [7, 11) is 0. The third-order valence-electron chi connectivity index (χ3n) is 1.82. The Morgan fingerprint density at radius 2 is 1.93 bits per heavy atom. The van der Waals surface area contributed by atoms with E-state index in [9.17, 15) is 0 Å². The summed E-state index contributed by atoms with van der Waals surface area (Å²) in [6, 6.07) is 12.2. The molecule has 0 fully saturated rings. The Morgan fingerprint density at radius 1 is 1.14 bits per heavy atom. The molecule has 0 aliphatic rings. The van der Waals surface area contributed by atoms with E-state index in [1.165, 1.54) is 4.90 Å². The van der Waals surface area contributed by atoms with E-state index in [-0.39, 0.29) is 6.61 Å². The molecule has 1 aromatic heterocycles. The molecule has 0 aliphatic heterocycles. The summed E-state index contributed by atoms with van der Waals surface area (Å²) in [6.07, 6.45) is 0. The van der Waals surface area contributed by atoms with Gasteiger partial charge in [0, 0.05) is 14.7 Å². The monoisotopic (exact) mass is 222 g/mol. The van der Waals surface area contributed by atoms with E-state index in [1.54, 1.807) is 23.1 Å². The number of hydrogen-bond acceptors (Lipinski definition) is 3. The second-order valence-electron chi connectivity index (χ2n) is 2.78. The third-order valence-corrected chi connectivity index (χ3v) is 3.96. The van der Waals surface area contributed by atoms with Crippen LogP contribution >= 0.6 is 23.1 Å². The van der Waals surface area contributed by atoms with Gasteiger partial charge in [0.25, 0.3) is 0 Å². The van der Waals surface area contributed by atoms with Crippen molar-refractivity contribution < 1.29 is 5.11 Å². The van der Waals surface area contributed by atoms with Crippen molar-refractivity contribution in [3.63, 3.8) is 0 Å². The summed E-state index contributed by atoms with van der Waals surface area (Å²) < 4.78 is 0. The molecular formula is C11H10OS2. The predicted octanol–water partition coefficient (Wildman–Crippen LogP) is 3.39. The number of rotatable bonds is 3. The van der Waals surface area contributed by atoms with E-state index in [4.69, 9.17) is 5.11 Å². The molecule has 1 N–H and O–H groups in total. The van der Waals surface area contributed by atoms with Gasteiger partial charge >= 0.3 is 0 Å². The molecule has 1 heterocycles. The Bertz CT molecular complexity index is 395. The Balaban J connectivity index is 2.19. The fraction of sp³-hybridized carbons (Fsp3) is 0.0909. The fourth-order valence-corrected chi connectivity index (χ4v) is 2.99. The quantitative estimate of drug-likeness (QED) is 0.859. The topological polar surface area (TPSA) is 20.2 Å². The minimum atomic E-state index is 0.132. The smallest absolute Gasteiger partial charge is 0.0785 e. The zero-order valence-electron chi connectivity index (χ0n) is 7.51. The summed E-state index contributed by atoms with van der Waals surface area (Å²) >= 11 is 3.29. The van der Waals surface area contributed by atoms with Crippen LogP contribution in [0.2, 0.25) is 0 Å². The van der Waals surface area contributed by atoms with Crippen LogP contribution in [0.1, 0.15) is 4.88 Å². The molecule has 2 rings (SSSR count). The van der Waals surface area contributed by atoms with Crippen LogP contribution < -0.4 is 0 Å². The number of benzene rings is 1. The van der Waals surface area contributed by atoms with Crippen LogP contribution in [0.4, 0.5) is 0 Å². The van der Waals surface area contributed by atoms with Crippen molar-refractivity contribution in [1.82, 2.24) is 0 Å². The van der Waals surface area contributed by atoms with Crippen LogP contribution in [-0.4, -0.2) is 5.11 Å². The molecule has 14 heavy (non-hydrogen) atoms. The lowest BCUT2D eigenvalue weighted by molar-refractivity contribution is 0.283. The number of thiophene rings is 1. The van der Waals surface area contributed by atoms with Gasteiger partial charge in [-0.3, -0.25) is 0 Å². The van der Waals surface area contributed by atoms with Crippen LogP contribution in [0.3, 0.4) is 0 Å². The maximum Gasteiger partial charge on any atom is 0.0785 e. The van der Waals surface area contributed by atoms with E-state index < -0.39 is 0 Å². The van der Waals surface area contributed by atoms with Gasteiger partial charge in [-0.05, 0) is 23.6 Å². The molecule has 0 bridgehead atoms. The van der Waals surface area contributed by atoms with Crippen molar-refractivity contribution in [2.45, 2.75) is 16.4 Å². The summed E-state index contributed by atoms with van der Waals surface area (Å²) in [5.41, 5.74) is 0. The maximum absolute atomic E-state index is 9.08. The van der Waals surface area contributed by atoms with Crippen LogP contribution in [-0.2, 0) is 6.61 Å². The van der Waals surface area contributed by atoms with Gasteiger partial charge in [-0.15, -0.1) is 11.3 Å². The van der Waals surface area contributed by atoms with E-state index in [0.717, 1.165) is 9.77 Å². The Kier molecular flexibility index (Phi) is 3.24. The van der Waals surface area contributed by atoms with Crippen molar-refractivity contribution in [2.24, 2.45) is 0 Å². The van der Waals surface area contributed by atoms with Crippen molar-refractivity contribution in [1.29, 1.82) is 0 Å². The highest BCUT2D eigenvalue weighted by Gasteiger charge is 2.04. The first-order valence-electron chi connectivity index (χ1n) is 4.30. The number of hydrogen-bond donors (Lipinski definition) is 1. The normalized spacial score (nSPS) is 10.4. The van der Waals surface area contributed by atoms with Gasteiger partial charge in [0.1, 0.15) is 0 Å². The molecule has 0 unspecified atom stereocenters. The first kappa shape index (κ1) is 9.77. The SMILES string of the molecule is OCc1sccc1Sc1ccccc1. The number of aliphatic hydroxyl groups excluding tert-OH is 1. The van der Waals surface area contributed by atoms with Crippen LogP contribution in [0.15, 0.2) is 51.6 Å². The lowest BCUT2D eigenvalue weighted by Crippen LogP contribution is -1.78. The maximum atomic E-state index is 9.08. The Labute approximate surface area is 91.4 Å². The molecule has 1 aromatic carbocycles. The molecule has 0 saturated heterocycles. The second-order valence-corrected chi connectivity index (χ2v) is 4.90. The molecule has 1 nitrogen and oxygen atoms in total. The minimum absolute atomic E-state index is 0.132. The standard InChI is InChI=1S/C11H10OS2/c12-8-11-10(6-7-13-11)14-9-4-2-1-3-5-9/h1-7,12H,8H2. The zero-order chi connectivity index (χ0) is 9.80. The number of aliphatic hydroxyl groups is 1. The highest BCUT2D eigenvalue weighted by atomic mass is 32.2. The lowest BCUT2D eigenvalue weighted by Gasteiger charge is -2.00. The van der Waals surface area contributed by atoms with Gasteiger partial charge in [0.05, 0.1) is 6.61 Å². The van der Waals surface area contributed by atoms with Crippen molar-refractivity contribution >= 4 is 23.1 Å². The van der Waals surface area contributed by atoms with Crippen LogP contribution in [0, 0.1) is 0 Å². The largest absolute Gasteiger partial charge is 0.391 e. The molecule has 0 saturated carbocycles. The van der Waals surface area contributed by atoms with E-state index in [1.807, 2.05) is 29.6 Å². The summed E-state index contributed by atoms with van der Waals surface area (Å²) in [5, 5.41) is 11.1. The molecule has 0 radical (unpaired) electrons. The second kappa shape index (κ2) is 4.64. The molecule has 72 valence electrons. The fourth-order valence-electron chi connectivity index (χ4n) is 1.15. The van der Waals surface area contributed by atoms with Crippen LogP contribution in [0.5, 0.6) is 0 Å². The van der Waals surface area contributed by atoms with E-state index in [2.05, 4.69) is 12.1 Å². The van der Waals surface area contributed by atoms with Gasteiger partial charge in [0.2, 0.25) is 0 Å².